The molecule has 0 heterocycles. The van der Waals surface area contributed by atoms with Crippen LogP contribution in [0, 0.1) is 0 Å². The van der Waals surface area contributed by atoms with Crippen molar-refractivity contribution < 1.29 is 23.8 Å². The molecular weight excluding hydrogens is 332 g/mol. The van der Waals surface area contributed by atoms with Crippen molar-refractivity contribution in [1.29, 1.82) is 0 Å². The van der Waals surface area contributed by atoms with Crippen LogP contribution in [0.25, 0.3) is 0 Å². The number of carbonyl (C=O) groups excluding carboxylic acids is 2. The first kappa shape index (κ1) is 20.3. The molecule has 134 valence electrons. The van der Waals surface area contributed by atoms with Crippen molar-refractivity contribution in [3.8, 4) is 5.75 Å². The van der Waals surface area contributed by atoms with Gasteiger partial charge in [0.05, 0.1) is 19.6 Å². The maximum atomic E-state index is 11.6. The normalized spacial score (nSPS) is 11.0. The molecule has 1 aromatic rings. The minimum absolute atomic E-state index is 0.117. The van der Waals surface area contributed by atoms with Crippen molar-refractivity contribution in [1.82, 2.24) is 0 Å². The van der Waals surface area contributed by atoms with Crippen LogP contribution in [0.4, 0.5) is 0 Å². The third-order valence-electron chi connectivity index (χ3n) is 2.87. The first-order valence-corrected chi connectivity index (χ1v) is 8.37. The lowest BCUT2D eigenvalue weighted by molar-refractivity contribution is -0.155. The molecule has 0 aliphatic carbocycles. The van der Waals surface area contributed by atoms with Crippen LogP contribution >= 0.6 is 11.6 Å². The predicted octanol–water partition coefficient (Wildman–Crippen LogP) is 3.95. The summed E-state index contributed by atoms with van der Waals surface area (Å²) >= 11 is 5.98. The topological polar surface area (TPSA) is 61.8 Å². The van der Waals surface area contributed by atoms with Gasteiger partial charge in [-0.05, 0) is 46.2 Å². The van der Waals surface area contributed by atoms with Crippen molar-refractivity contribution in [2.24, 2.45) is 0 Å². The quantitative estimate of drug-likeness (QED) is 0.521. The summed E-state index contributed by atoms with van der Waals surface area (Å²) in [7, 11) is 0. The van der Waals surface area contributed by atoms with Gasteiger partial charge in [-0.2, -0.15) is 0 Å². The van der Waals surface area contributed by atoms with E-state index in [0.717, 1.165) is 0 Å². The summed E-state index contributed by atoms with van der Waals surface area (Å²) in [6.07, 6.45) is 0.901. The third-order valence-corrected chi connectivity index (χ3v) is 3.11. The molecule has 5 nitrogen and oxygen atoms in total. The maximum absolute atomic E-state index is 11.6. The Hall–Kier alpha value is -1.75. The molecule has 0 atom stereocenters. The Labute approximate surface area is 148 Å². The van der Waals surface area contributed by atoms with Crippen molar-refractivity contribution in [2.75, 3.05) is 13.2 Å². The molecule has 0 spiro atoms. The van der Waals surface area contributed by atoms with Gasteiger partial charge in [0.2, 0.25) is 0 Å². The highest BCUT2D eigenvalue weighted by Crippen LogP contribution is 2.24. The van der Waals surface area contributed by atoms with E-state index in [9.17, 15) is 9.59 Å². The van der Waals surface area contributed by atoms with Gasteiger partial charge < -0.3 is 14.2 Å². The van der Waals surface area contributed by atoms with Gasteiger partial charge in [-0.25, -0.2) is 0 Å². The van der Waals surface area contributed by atoms with Gasteiger partial charge in [-0.1, -0.05) is 17.7 Å². The van der Waals surface area contributed by atoms with E-state index < -0.39 is 5.60 Å². The second-order valence-corrected chi connectivity index (χ2v) is 6.71. The van der Waals surface area contributed by atoms with Gasteiger partial charge >= 0.3 is 11.9 Å². The maximum Gasteiger partial charge on any atom is 0.310 e. The SMILES string of the molecule is CCOC(=O)Cc1ccc(Cl)cc1OCCCC(=O)OC(C)(C)C. The van der Waals surface area contributed by atoms with E-state index in [0.29, 0.717) is 36.0 Å². The van der Waals surface area contributed by atoms with Gasteiger partial charge in [-0.15, -0.1) is 0 Å². The number of ether oxygens (including phenoxy) is 3. The summed E-state index contributed by atoms with van der Waals surface area (Å²) in [6.45, 7) is 7.90. The minimum atomic E-state index is -0.488. The molecule has 1 aromatic carbocycles. The Balaban J connectivity index is 2.53. The summed E-state index contributed by atoms with van der Waals surface area (Å²) in [6, 6.07) is 5.09. The molecular formula is C18H25ClO5. The highest BCUT2D eigenvalue weighted by molar-refractivity contribution is 6.30. The van der Waals surface area contributed by atoms with Crippen LogP contribution < -0.4 is 4.74 Å². The van der Waals surface area contributed by atoms with Crippen LogP contribution in [0.15, 0.2) is 18.2 Å². The third kappa shape index (κ3) is 8.20. The number of rotatable bonds is 8. The second-order valence-electron chi connectivity index (χ2n) is 6.27. The molecule has 1 rings (SSSR count). The Morgan fingerprint density at radius 3 is 2.50 bits per heavy atom. The van der Waals surface area contributed by atoms with Crippen molar-refractivity contribution in [2.45, 2.75) is 52.6 Å². The molecule has 24 heavy (non-hydrogen) atoms. The van der Waals surface area contributed by atoms with Crippen LogP contribution in [0.1, 0.15) is 46.1 Å². The Bertz CT molecular complexity index is 563. The number of benzene rings is 1. The predicted molar refractivity (Wildman–Crippen MR) is 92.4 cm³/mol. The molecule has 0 bridgehead atoms. The molecule has 6 heteroatoms. The molecule has 0 radical (unpaired) electrons. The number of esters is 2. The lowest BCUT2D eigenvalue weighted by atomic mass is 10.1. The Morgan fingerprint density at radius 1 is 1.17 bits per heavy atom. The van der Waals surface area contributed by atoms with E-state index in [1.807, 2.05) is 20.8 Å². The first-order valence-electron chi connectivity index (χ1n) is 8.00. The molecule has 0 aromatic heterocycles. The standard InChI is InChI=1S/C18H25ClO5/c1-5-22-17(21)11-13-8-9-14(19)12-15(13)23-10-6-7-16(20)24-18(2,3)4/h8-9,12H,5-7,10-11H2,1-4H3. The lowest BCUT2D eigenvalue weighted by Gasteiger charge is -2.19. The fraction of sp³-hybridized carbons (Fsp3) is 0.556. The average Bonchev–Trinajstić information content (AvgIpc) is 2.44. The zero-order chi connectivity index (χ0) is 18.2. The van der Waals surface area contributed by atoms with E-state index in [1.54, 1.807) is 25.1 Å². The first-order chi connectivity index (χ1) is 11.2. The molecule has 0 saturated heterocycles. The molecule has 0 aliphatic heterocycles. The molecule has 0 fully saturated rings. The van der Waals surface area contributed by atoms with Crippen molar-refractivity contribution >= 4 is 23.5 Å². The summed E-state index contributed by atoms with van der Waals surface area (Å²) in [5, 5.41) is 0.518. The van der Waals surface area contributed by atoms with Gasteiger partial charge in [0, 0.05) is 17.0 Å². The number of carbonyl (C=O) groups is 2. The number of hydrogen-bond donors (Lipinski definition) is 0. The fourth-order valence-electron chi connectivity index (χ4n) is 1.97. The van der Waals surface area contributed by atoms with Gasteiger partial charge in [0.1, 0.15) is 11.4 Å². The molecule has 0 unspecified atom stereocenters. The second kappa shape index (κ2) is 9.52. The van der Waals surface area contributed by atoms with Crippen LogP contribution in [-0.4, -0.2) is 30.8 Å². The number of halogens is 1. The van der Waals surface area contributed by atoms with Crippen molar-refractivity contribution in [3.05, 3.63) is 28.8 Å². The van der Waals surface area contributed by atoms with Gasteiger partial charge in [-0.3, -0.25) is 9.59 Å². The van der Waals surface area contributed by atoms with Crippen LogP contribution in [0.2, 0.25) is 5.02 Å². The van der Waals surface area contributed by atoms with Crippen LogP contribution in [0.5, 0.6) is 5.75 Å². The molecule has 0 amide bonds. The summed E-state index contributed by atoms with van der Waals surface area (Å²) in [4.78, 5) is 23.3. The number of hydrogen-bond acceptors (Lipinski definition) is 5. The van der Waals surface area contributed by atoms with Crippen LogP contribution in [0.3, 0.4) is 0 Å². The monoisotopic (exact) mass is 356 g/mol. The lowest BCUT2D eigenvalue weighted by Crippen LogP contribution is -2.24. The van der Waals surface area contributed by atoms with Crippen LogP contribution in [-0.2, 0) is 25.5 Å². The van der Waals surface area contributed by atoms with Gasteiger partial charge in [0.15, 0.2) is 0 Å². The van der Waals surface area contributed by atoms with Crippen molar-refractivity contribution in [3.63, 3.8) is 0 Å². The zero-order valence-electron chi connectivity index (χ0n) is 14.7. The Morgan fingerprint density at radius 2 is 1.88 bits per heavy atom. The summed E-state index contributed by atoms with van der Waals surface area (Å²) in [5.74, 6) is -0.0536. The van der Waals surface area contributed by atoms with E-state index in [1.165, 1.54) is 0 Å². The zero-order valence-corrected chi connectivity index (χ0v) is 15.4. The highest BCUT2D eigenvalue weighted by Gasteiger charge is 2.16. The Kier molecular flexibility index (Phi) is 8.05. The highest BCUT2D eigenvalue weighted by atomic mass is 35.5. The molecule has 0 saturated carbocycles. The summed E-state index contributed by atoms with van der Waals surface area (Å²) < 4.78 is 15.9. The van der Waals surface area contributed by atoms with Gasteiger partial charge in [0.25, 0.3) is 0 Å². The van der Waals surface area contributed by atoms with E-state index in [4.69, 9.17) is 25.8 Å². The van der Waals surface area contributed by atoms with E-state index in [2.05, 4.69) is 0 Å². The average molecular weight is 357 g/mol. The largest absolute Gasteiger partial charge is 0.493 e. The van der Waals surface area contributed by atoms with E-state index in [-0.39, 0.29) is 24.8 Å². The minimum Gasteiger partial charge on any atom is -0.493 e. The smallest absolute Gasteiger partial charge is 0.310 e. The van der Waals surface area contributed by atoms with E-state index >= 15 is 0 Å². The summed E-state index contributed by atoms with van der Waals surface area (Å²) in [5.41, 5.74) is 0.215. The fourth-order valence-corrected chi connectivity index (χ4v) is 2.13. The molecule has 0 aliphatic rings. The molecule has 0 N–H and O–H groups in total.